The third-order valence-electron chi connectivity index (χ3n) is 5.19. The molecule has 6 nitrogen and oxygen atoms in total. The normalized spacial score (nSPS) is 14.2. The summed E-state index contributed by atoms with van der Waals surface area (Å²) in [6, 6.07) is 12.7. The van der Waals surface area contributed by atoms with E-state index in [2.05, 4.69) is 17.1 Å². The SMILES string of the molecule is COc1cccc(NC(=O)COc2ccc(C(=S)N3CCC(C)CC3)cc2OC)c1. The lowest BCUT2D eigenvalue weighted by atomic mass is 9.99. The molecule has 2 aromatic carbocycles. The Bertz CT molecular complexity index is 895. The summed E-state index contributed by atoms with van der Waals surface area (Å²) in [6.45, 7) is 4.09. The Balaban J connectivity index is 1.60. The molecular formula is C23H28N2O4S. The molecule has 1 aliphatic rings. The van der Waals surface area contributed by atoms with Gasteiger partial charge in [0.1, 0.15) is 10.7 Å². The molecule has 7 heteroatoms. The first-order chi connectivity index (χ1) is 14.5. The number of anilines is 1. The molecule has 1 fully saturated rings. The zero-order valence-corrected chi connectivity index (χ0v) is 18.5. The number of rotatable bonds is 7. The number of carbonyl (C=O) groups is 1. The van der Waals surface area contributed by atoms with Crippen LogP contribution in [0, 0.1) is 5.92 Å². The lowest BCUT2D eigenvalue weighted by Gasteiger charge is -2.32. The molecule has 1 aliphatic heterocycles. The average Bonchev–Trinajstić information content (AvgIpc) is 2.77. The number of hydrogen-bond donors (Lipinski definition) is 1. The second-order valence-electron chi connectivity index (χ2n) is 7.41. The van der Waals surface area contributed by atoms with Crippen molar-refractivity contribution in [2.24, 2.45) is 5.92 Å². The number of amides is 1. The van der Waals surface area contributed by atoms with E-state index in [-0.39, 0.29) is 12.5 Å². The van der Waals surface area contributed by atoms with Crippen LogP contribution in [-0.4, -0.2) is 49.7 Å². The minimum Gasteiger partial charge on any atom is -0.497 e. The third-order valence-corrected chi connectivity index (χ3v) is 5.69. The maximum absolute atomic E-state index is 12.2. The Morgan fingerprint density at radius 2 is 1.87 bits per heavy atom. The Kier molecular flexibility index (Phi) is 7.52. The molecule has 3 rings (SSSR count). The highest BCUT2D eigenvalue weighted by molar-refractivity contribution is 7.80. The Labute approximate surface area is 183 Å². The number of hydrogen-bond acceptors (Lipinski definition) is 5. The lowest BCUT2D eigenvalue weighted by Crippen LogP contribution is -2.37. The van der Waals surface area contributed by atoms with Crippen LogP contribution < -0.4 is 19.5 Å². The molecule has 30 heavy (non-hydrogen) atoms. The highest BCUT2D eigenvalue weighted by Gasteiger charge is 2.20. The number of ether oxygens (including phenoxy) is 3. The lowest BCUT2D eigenvalue weighted by molar-refractivity contribution is -0.118. The molecule has 1 N–H and O–H groups in total. The fraction of sp³-hybridized carbons (Fsp3) is 0.391. The van der Waals surface area contributed by atoms with Gasteiger partial charge in [0.15, 0.2) is 18.1 Å². The fourth-order valence-corrected chi connectivity index (χ4v) is 3.66. The van der Waals surface area contributed by atoms with Gasteiger partial charge in [0.25, 0.3) is 5.91 Å². The predicted octanol–water partition coefficient (Wildman–Crippen LogP) is 4.13. The molecular weight excluding hydrogens is 400 g/mol. The van der Waals surface area contributed by atoms with Crippen LogP contribution in [-0.2, 0) is 4.79 Å². The van der Waals surface area contributed by atoms with Gasteiger partial charge in [-0.1, -0.05) is 25.2 Å². The molecule has 1 heterocycles. The fourth-order valence-electron chi connectivity index (χ4n) is 3.36. The summed E-state index contributed by atoms with van der Waals surface area (Å²) in [4.78, 5) is 15.3. The minimum atomic E-state index is -0.271. The van der Waals surface area contributed by atoms with Crippen molar-refractivity contribution in [2.45, 2.75) is 19.8 Å². The first-order valence-corrected chi connectivity index (χ1v) is 10.4. The maximum Gasteiger partial charge on any atom is 0.262 e. The summed E-state index contributed by atoms with van der Waals surface area (Å²) in [5.74, 6) is 2.20. The largest absolute Gasteiger partial charge is 0.497 e. The van der Waals surface area contributed by atoms with Gasteiger partial charge in [-0.2, -0.15) is 0 Å². The van der Waals surface area contributed by atoms with Crippen molar-refractivity contribution >= 4 is 28.8 Å². The van der Waals surface area contributed by atoms with E-state index in [1.54, 1.807) is 32.4 Å². The standard InChI is InChI=1S/C23H28N2O4S/c1-16-9-11-25(12-10-16)23(30)17-7-8-20(21(13-17)28-3)29-15-22(26)24-18-5-4-6-19(14-18)27-2/h4-8,13-14,16H,9-12,15H2,1-3H3,(H,24,26). The van der Waals surface area contributed by atoms with Crippen LogP contribution >= 0.6 is 12.2 Å². The Morgan fingerprint density at radius 1 is 1.10 bits per heavy atom. The van der Waals surface area contributed by atoms with E-state index in [1.165, 1.54) is 0 Å². The number of likely N-dealkylation sites (tertiary alicyclic amines) is 1. The van der Waals surface area contributed by atoms with Gasteiger partial charge in [0, 0.05) is 30.4 Å². The van der Waals surface area contributed by atoms with Crippen molar-refractivity contribution < 1.29 is 19.0 Å². The second kappa shape index (κ2) is 10.3. The van der Waals surface area contributed by atoms with Gasteiger partial charge in [0.05, 0.1) is 14.2 Å². The summed E-state index contributed by atoms with van der Waals surface area (Å²) in [5, 5.41) is 2.79. The molecule has 0 unspecified atom stereocenters. The quantitative estimate of drug-likeness (QED) is 0.669. The van der Waals surface area contributed by atoms with Gasteiger partial charge < -0.3 is 24.4 Å². The summed E-state index contributed by atoms with van der Waals surface area (Å²) in [7, 11) is 3.16. The van der Waals surface area contributed by atoms with Gasteiger partial charge >= 0.3 is 0 Å². The maximum atomic E-state index is 12.2. The van der Waals surface area contributed by atoms with Crippen molar-refractivity contribution in [3.63, 3.8) is 0 Å². The van der Waals surface area contributed by atoms with E-state index in [9.17, 15) is 4.79 Å². The zero-order valence-electron chi connectivity index (χ0n) is 17.6. The van der Waals surface area contributed by atoms with Crippen LogP contribution in [0.15, 0.2) is 42.5 Å². The Morgan fingerprint density at radius 3 is 2.57 bits per heavy atom. The predicted molar refractivity (Wildman–Crippen MR) is 122 cm³/mol. The van der Waals surface area contributed by atoms with Crippen molar-refractivity contribution in [3.8, 4) is 17.2 Å². The van der Waals surface area contributed by atoms with E-state index in [0.29, 0.717) is 22.9 Å². The molecule has 0 radical (unpaired) electrons. The molecule has 0 aliphatic carbocycles. The van der Waals surface area contributed by atoms with Crippen LogP contribution in [0.4, 0.5) is 5.69 Å². The van der Waals surface area contributed by atoms with E-state index in [0.717, 1.165) is 42.4 Å². The van der Waals surface area contributed by atoms with E-state index in [4.69, 9.17) is 26.4 Å². The van der Waals surface area contributed by atoms with Crippen LogP contribution in [0.25, 0.3) is 0 Å². The highest BCUT2D eigenvalue weighted by atomic mass is 32.1. The second-order valence-corrected chi connectivity index (χ2v) is 7.80. The molecule has 0 spiro atoms. The summed E-state index contributed by atoms with van der Waals surface area (Å²) >= 11 is 5.68. The van der Waals surface area contributed by atoms with Crippen molar-refractivity contribution in [2.75, 3.05) is 39.2 Å². The number of methoxy groups -OCH3 is 2. The highest BCUT2D eigenvalue weighted by Crippen LogP contribution is 2.29. The smallest absolute Gasteiger partial charge is 0.262 e. The molecule has 0 saturated carbocycles. The summed E-state index contributed by atoms with van der Waals surface area (Å²) < 4.78 is 16.3. The van der Waals surface area contributed by atoms with E-state index in [1.807, 2.05) is 24.3 Å². The summed E-state index contributed by atoms with van der Waals surface area (Å²) in [6.07, 6.45) is 2.31. The minimum absolute atomic E-state index is 0.138. The topological polar surface area (TPSA) is 60.0 Å². The first-order valence-electron chi connectivity index (χ1n) is 10.0. The number of carbonyl (C=O) groups excluding carboxylic acids is 1. The molecule has 1 saturated heterocycles. The van der Waals surface area contributed by atoms with Gasteiger partial charge in [-0.25, -0.2) is 0 Å². The zero-order chi connectivity index (χ0) is 21.5. The average molecular weight is 429 g/mol. The van der Waals surface area contributed by atoms with Crippen LogP contribution in [0.3, 0.4) is 0 Å². The van der Waals surface area contributed by atoms with Crippen molar-refractivity contribution in [1.29, 1.82) is 0 Å². The third kappa shape index (κ3) is 5.63. The number of nitrogens with one attached hydrogen (secondary N) is 1. The van der Waals surface area contributed by atoms with Gasteiger partial charge in [-0.05, 0) is 49.1 Å². The molecule has 0 atom stereocenters. The Hall–Kier alpha value is -2.80. The van der Waals surface area contributed by atoms with Crippen molar-refractivity contribution in [1.82, 2.24) is 4.90 Å². The van der Waals surface area contributed by atoms with E-state index >= 15 is 0 Å². The number of thiocarbonyl (C=S) groups is 1. The van der Waals surface area contributed by atoms with Gasteiger partial charge in [-0.15, -0.1) is 0 Å². The number of benzene rings is 2. The molecule has 1 amide bonds. The molecule has 2 aromatic rings. The summed E-state index contributed by atoms with van der Waals surface area (Å²) in [5.41, 5.74) is 1.57. The van der Waals surface area contributed by atoms with Crippen molar-refractivity contribution in [3.05, 3.63) is 48.0 Å². The molecule has 160 valence electrons. The number of piperidine rings is 1. The monoisotopic (exact) mass is 428 g/mol. The van der Waals surface area contributed by atoms with Gasteiger partial charge in [-0.3, -0.25) is 4.79 Å². The number of nitrogens with zero attached hydrogens (tertiary/aromatic N) is 1. The molecule has 0 bridgehead atoms. The van der Waals surface area contributed by atoms with E-state index < -0.39 is 0 Å². The first kappa shape index (κ1) is 21.9. The van der Waals surface area contributed by atoms with Crippen LogP contribution in [0.5, 0.6) is 17.2 Å². The molecule has 0 aromatic heterocycles. The van der Waals surface area contributed by atoms with Crippen LogP contribution in [0.2, 0.25) is 0 Å². The van der Waals surface area contributed by atoms with Crippen LogP contribution in [0.1, 0.15) is 25.3 Å². The van der Waals surface area contributed by atoms with Gasteiger partial charge in [0.2, 0.25) is 0 Å².